The number of carboxylic acids is 1. The first kappa shape index (κ1) is 16.5. The lowest BCUT2D eigenvalue weighted by atomic mass is 9.95. The fraction of sp³-hybridized carbons (Fsp3) is 0.267. The topological polar surface area (TPSA) is 80.4 Å². The van der Waals surface area contributed by atoms with Gasteiger partial charge >= 0.3 is 12.1 Å². The molecule has 1 fully saturated rings. The highest BCUT2D eigenvalue weighted by molar-refractivity contribution is 6.31. The molecule has 1 aliphatic carbocycles. The Morgan fingerprint density at radius 3 is 2.50 bits per heavy atom. The number of ketones is 1. The van der Waals surface area contributed by atoms with Crippen LogP contribution in [-0.2, 0) is 6.18 Å². The first-order valence-corrected chi connectivity index (χ1v) is 7.22. The number of aromatic carboxylic acids is 1. The van der Waals surface area contributed by atoms with E-state index in [1.54, 1.807) is 0 Å². The van der Waals surface area contributed by atoms with Crippen LogP contribution in [0.25, 0.3) is 0 Å². The normalized spacial score (nSPS) is 14.7. The number of aromatic nitrogens is 1. The van der Waals surface area contributed by atoms with Gasteiger partial charge in [0.2, 0.25) is 5.69 Å². The first-order chi connectivity index (χ1) is 11.2. The number of hydrogen-bond acceptors (Lipinski definition) is 4. The Balaban J connectivity index is 2.17. The van der Waals surface area contributed by atoms with Crippen LogP contribution in [-0.4, -0.2) is 22.0 Å². The van der Waals surface area contributed by atoms with Gasteiger partial charge in [0.05, 0.1) is 5.56 Å². The standard InChI is InChI=1S/C15H9ClF3NO4/c16-7-3-4-8(9(5-7)15(17,18)19)12(21)10-11(14(22)23)20-24-13(10)6-1-2-6/h3-6H,1-2H2,(H,22,23). The fourth-order valence-electron chi connectivity index (χ4n) is 2.38. The van der Waals surface area contributed by atoms with Gasteiger partial charge in [0.1, 0.15) is 5.56 Å². The van der Waals surface area contributed by atoms with E-state index in [4.69, 9.17) is 21.2 Å². The lowest BCUT2D eigenvalue weighted by Crippen LogP contribution is -2.16. The van der Waals surface area contributed by atoms with Crippen molar-refractivity contribution in [2.45, 2.75) is 24.9 Å². The maximum Gasteiger partial charge on any atom is 0.417 e. The molecule has 1 aromatic heterocycles. The minimum atomic E-state index is -4.82. The third-order valence-electron chi connectivity index (χ3n) is 3.63. The Morgan fingerprint density at radius 2 is 1.96 bits per heavy atom. The van der Waals surface area contributed by atoms with Gasteiger partial charge in [-0.05, 0) is 31.0 Å². The van der Waals surface area contributed by atoms with Gasteiger partial charge in [0.25, 0.3) is 0 Å². The van der Waals surface area contributed by atoms with E-state index < -0.39 is 40.3 Å². The smallest absolute Gasteiger partial charge is 0.417 e. The maximum atomic E-state index is 13.2. The first-order valence-electron chi connectivity index (χ1n) is 6.84. The molecule has 1 aliphatic rings. The lowest BCUT2D eigenvalue weighted by molar-refractivity contribution is -0.137. The molecule has 2 aromatic rings. The number of carbonyl (C=O) groups excluding carboxylic acids is 1. The van der Waals surface area contributed by atoms with Crippen LogP contribution in [0.4, 0.5) is 13.2 Å². The van der Waals surface area contributed by atoms with Crippen LogP contribution in [0.1, 0.15) is 56.5 Å². The van der Waals surface area contributed by atoms with Gasteiger partial charge in [-0.25, -0.2) is 4.79 Å². The van der Waals surface area contributed by atoms with Crippen molar-refractivity contribution >= 4 is 23.4 Å². The molecule has 0 bridgehead atoms. The molecule has 0 atom stereocenters. The van der Waals surface area contributed by atoms with Crippen molar-refractivity contribution in [3.05, 3.63) is 51.4 Å². The van der Waals surface area contributed by atoms with E-state index in [1.165, 1.54) is 0 Å². The second-order valence-corrected chi connectivity index (χ2v) is 5.80. The summed E-state index contributed by atoms with van der Waals surface area (Å²) in [5.74, 6) is -2.83. The van der Waals surface area contributed by atoms with Crippen molar-refractivity contribution in [1.29, 1.82) is 0 Å². The van der Waals surface area contributed by atoms with Gasteiger partial charge in [-0.2, -0.15) is 13.2 Å². The number of rotatable bonds is 4. The number of halogens is 4. The molecule has 0 amide bonds. The van der Waals surface area contributed by atoms with Gasteiger partial charge in [-0.3, -0.25) is 4.79 Å². The molecule has 0 saturated heterocycles. The van der Waals surface area contributed by atoms with Gasteiger partial charge in [-0.1, -0.05) is 16.8 Å². The average Bonchev–Trinajstić information content (AvgIpc) is 3.23. The van der Waals surface area contributed by atoms with Gasteiger partial charge in [0.15, 0.2) is 11.5 Å². The predicted octanol–water partition coefficient (Wildman–Crippen LogP) is 4.15. The largest absolute Gasteiger partial charge is 0.476 e. The second kappa shape index (κ2) is 5.62. The van der Waals surface area contributed by atoms with E-state index in [1.807, 2.05) is 0 Å². The highest BCUT2D eigenvalue weighted by atomic mass is 35.5. The molecule has 24 heavy (non-hydrogen) atoms. The molecule has 1 N–H and O–H groups in total. The summed E-state index contributed by atoms with van der Waals surface area (Å²) in [5.41, 5.74) is -3.05. The molecule has 5 nitrogen and oxygen atoms in total. The number of carbonyl (C=O) groups is 2. The predicted molar refractivity (Wildman–Crippen MR) is 75.3 cm³/mol. The Bertz CT molecular complexity index is 840. The fourth-order valence-corrected chi connectivity index (χ4v) is 2.55. The summed E-state index contributed by atoms with van der Waals surface area (Å²) < 4.78 is 44.5. The Labute approximate surface area is 138 Å². The van der Waals surface area contributed by atoms with E-state index in [2.05, 4.69) is 5.16 Å². The van der Waals surface area contributed by atoms with Crippen LogP contribution in [0.5, 0.6) is 0 Å². The van der Waals surface area contributed by atoms with Crippen molar-refractivity contribution < 1.29 is 32.4 Å². The Kier molecular flexibility index (Phi) is 3.87. The molecule has 0 radical (unpaired) electrons. The number of nitrogens with zero attached hydrogens (tertiary/aromatic N) is 1. The van der Waals surface area contributed by atoms with Crippen LogP contribution < -0.4 is 0 Å². The summed E-state index contributed by atoms with van der Waals surface area (Å²) in [5, 5.41) is 12.3. The summed E-state index contributed by atoms with van der Waals surface area (Å²) in [6.07, 6.45) is -3.52. The van der Waals surface area contributed by atoms with Crippen LogP contribution in [0.15, 0.2) is 22.7 Å². The van der Waals surface area contributed by atoms with Crippen LogP contribution in [0.3, 0.4) is 0 Å². The summed E-state index contributed by atoms with van der Waals surface area (Å²) in [6.45, 7) is 0. The highest BCUT2D eigenvalue weighted by Gasteiger charge is 2.40. The summed E-state index contributed by atoms with van der Waals surface area (Å²) in [4.78, 5) is 23.9. The zero-order valence-corrected chi connectivity index (χ0v) is 12.6. The van der Waals surface area contributed by atoms with Gasteiger partial charge in [-0.15, -0.1) is 0 Å². The molecular formula is C15H9ClF3NO4. The van der Waals surface area contributed by atoms with Crippen LogP contribution in [0.2, 0.25) is 5.02 Å². The van der Waals surface area contributed by atoms with Gasteiger partial charge in [0, 0.05) is 16.5 Å². The molecule has 9 heteroatoms. The summed E-state index contributed by atoms with van der Waals surface area (Å²) in [7, 11) is 0. The minimum Gasteiger partial charge on any atom is -0.476 e. The number of alkyl halides is 3. The molecule has 1 heterocycles. The molecular weight excluding hydrogens is 351 g/mol. The molecule has 0 unspecified atom stereocenters. The molecule has 1 aromatic carbocycles. The molecule has 0 spiro atoms. The number of carboxylic acid groups (broad SMARTS) is 1. The van der Waals surface area contributed by atoms with E-state index in [0.717, 1.165) is 12.1 Å². The Hall–Kier alpha value is -2.35. The minimum absolute atomic E-state index is 0.0143. The average molecular weight is 360 g/mol. The highest BCUT2D eigenvalue weighted by Crippen LogP contribution is 2.44. The number of benzene rings is 1. The molecule has 1 saturated carbocycles. The van der Waals surface area contributed by atoms with E-state index in [-0.39, 0.29) is 16.7 Å². The van der Waals surface area contributed by atoms with Crippen LogP contribution >= 0.6 is 11.6 Å². The third kappa shape index (κ3) is 2.89. The zero-order valence-electron chi connectivity index (χ0n) is 11.9. The van der Waals surface area contributed by atoms with E-state index >= 15 is 0 Å². The molecule has 126 valence electrons. The molecule has 3 rings (SSSR count). The second-order valence-electron chi connectivity index (χ2n) is 5.37. The summed E-state index contributed by atoms with van der Waals surface area (Å²) >= 11 is 5.59. The summed E-state index contributed by atoms with van der Waals surface area (Å²) in [6, 6.07) is 2.68. The zero-order chi connectivity index (χ0) is 17.6. The Morgan fingerprint density at radius 1 is 1.29 bits per heavy atom. The van der Waals surface area contributed by atoms with Crippen molar-refractivity contribution in [1.82, 2.24) is 5.16 Å². The van der Waals surface area contributed by atoms with E-state index in [0.29, 0.717) is 18.9 Å². The van der Waals surface area contributed by atoms with E-state index in [9.17, 15) is 22.8 Å². The van der Waals surface area contributed by atoms with Crippen molar-refractivity contribution in [3.8, 4) is 0 Å². The monoisotopic (exact) mass is 359 g/mol. The third-order valence-corrected chi connectivity index (χ3v) is 3.86. The SMILES string of the molecule is O=C(O)c1noc(C2CC2)c1C(=O)c1ccc(Cl)cc1C(F)(F)F. The van der Waals surface area contributed by atoms with Gasteiger partial charge < -0.3 is 9.63 Å². The lowest BCUT2D eigenvalue weighted by Gasteiger charge is -2.12. The van der Waals surface area contributed by atoms with Crippen molar-refractivity contribution in [2.24, 2.45) is 0 Å². The van der Waals surface area contributed by atoms with Crippen molar-refractivity contribution in [2.75, 3.05) is 0 Å². The number of hydrogen-bond donors (Lipinski definition) is 1. The quantitative estimate of drug-likeness (QED) is 0.829. The maximum absolute atomic E-state index is 13.2. The van der Waals surface area contributed by atoms with Crippen LogP contribution in [0, 0.1) is 0 Å². The van der Waals surface area contributed by atoms with Crippen molar-refractivity contribution in [3.63, 3.8) is 0 Å². The molecule has 0 aliphatic heterocycles.